The lowest BCUT2D eigenvalue weighted by Crippen LogP contribution is -2.93. The number of Topliss-reactive ketones (excluding diaryl/α,β-unsaturated/α-hetero) is 2. The molecule has 5 aliphatic carbocycles. The molecule has 5 rings (SSSR count). The van der Waals surface area contributed by atoms with Crippen molar-refractivity contribution < 1.29 is 9.59 Å². The average Bonchev–Trinajstić information content (AvgIpc) is 2.63. The predicted molar refractivity (Wildman–Crippen MR) is 95.2 cm³/mol. The lowest BCUT2D eigenvalue weighted by molar-refractivity contribution is -0.176. The summed E-state index contributed by atoms with van der Waals surface area (Å²) in [6, 6.07) is 0. The van der Waals surface area contributed by atoms with Crippen LogP contribution in [0.25, 0.3) is 0 Å². The molecule has 6 heteroatoms. The van der Waals surface area contributed by atoms with Crippen LogP contribution in [0.4, 0.5) is 0 Å². The van der Waals surface area contributed by atoms with Crippen LogP contribution in [0.2, 0.25) is 0 Å². The summed E-state index contributed by atoms with van der Waals surface area (Å²) in [6.07, 6.45) is 7.48. The molecule has 5 saturated carbocycles. The zero-order valence-electron chi connectivity index (χ0n) is 13.3. The highest BCUT2D eigenvalue weighted by molar-refractivity contribution is 6.65. The van der Waals surface area contributed by atoms with Gasteiger partial charge in [0.1, 0.15) is 19.5 Å². The Morgan fingerprint density at radius 1 is 0.542 bits per heavy atom. The third-order valence-corrected chi connectivity index (χ3v) is 11.1. The van der Waals surface area contributed by atoms with Gasteiger partial charge in [0.25, 0.3) is 0 Å². The molecule has 0 amide bonds. The summed E-state index contributed by atoms with van der Waals surface area (Å²) in [7, 11) is 0. The molecule has 5 aliphatic rings. The summed E-state index contributed by atoms with van der Waals surface area (Å²) >= 11 is 27.6. The highest BCUT2D eigenvalue weighted by Crippen LogP contribution is 2.78. The van der Waals surface area contributed by atoms with Crippen molar-refractivity contribution in [1.82, 2.24) is 0 Å². The van der Waals surface area contributed by atoms with Crippen molar-refractivity contribution in [1.29, 1.82) is 0 Å². The van der Waals surface area contributed by atoms with E-state index in [1.54, 1.807) is 0 Å². The van der Waals surface area contributed by atoms with Crippen molar-refractivity contribution in [3.8, 4) is 0 Å². The maximum Gasteiger partial charge on any atom is 0.179 e. The number of alkyl halides is 4. The summed E-state index contributed by atoms with van der Waals surface area (Å²) < 4.78 is 0. The van der Waals surface area contributed by atoms with Gasteiger partial charge in [0.2, 0.25) is 0 Å². The van der Waals surface area contributed by atoms with Crippen LogP contribution in [-0.2, 0) is 9.59 Å². The topological polar surface area (TPSA) is 34.1 Å². The fourth-order valence-electron chi connectivity index (χ4n) is 6.92. The second-order valence-electron chi connectivity index (χ2n) is 8.50. The van der Waals surface area contributed by atoms with Crippen LogP contribution in [-0.4, -0.2) is 31.1 Å². The molecule has 0 aromatic heterocycles. The Morgan fingerprint density at radius 3 is 0.958 bits per heavy atom. The van der Waals surface area contributed by atoms with E-state index in [-0.39, 0.29) is 35.2 Å². The summed E-state index contributed by atoms with van der Waals surface area (Å²) in [4.78, 5) is 21.7. The SMILES string of the molecule is O=C1[C@@]2(Cl)[C@@H]3CCCC[C@@H]3[C@@]2(Cl)C(=O)[C@]2(Cl)[C@H]3CCCC[C@@H]3[C@]12Cl. The van der Waals surface area contributed by atoms with Gasteiger partial charge in [0.15, 0.2) is 11.6 Å². The molecule has 0 heterocycles. The van der Waals surface area contributed by atoms with Gasteiger partial charge >= 0.3 is 0 Å². The van der Waals surface area contributed by atoms with Crippen molar-refractivity contribution >= 4 is 58.0 Å². The molecule has 0 aromatic rings. The van der Waals surface area contributed by atoms with Crippen molar-refractivity contribution in [2.75, 3.05) is 0 Å². The molecule has 0 spiro atoms. The normalized spacial score (nSPS) is 61.7. The van der Waals surface area contributed by atoms with Gasteiger partial charge in [-0.05, 0) is 49.4 Å². The van der Waals surface area contributed by atoms with Gasteiger partial charge in [0.05, 0.1) is 0 Å². The molecule has 0 bridgehead atoms. The Morgan fingerprint density at radius 2 is 0.750 bits per heavy atom. The van der Waals surface area contributed by atoms with Crippen LogP contribution in [0.1, 0.15) is 51.4 Å². The molecular formula is C18H20Cl4O2. The zero-order chi connectivity index (χ0) is 17.1. The number of ketones is 2. The van der Waals surface area contributed by atoms with Gasteiger partial charge in [-0.25, -0.2) is 0 Å². The average molecular weight is 410 g/mol. The second kappa shape index (κ2) is 4.66. The van der Waals surface area contributed by atoms with Gasteiger partial charge < -0.3 is 0 Å². The minimum atomic E-state index is -1.36. The summed E-state index contributed by atoms with van der Waals surface area (Å²) in [5, 5.41) is 0. The van der Waals surface area contributed by atoms with Crippen molar-refractivity contribution in [3.63, 3.8) is 0 Å². The van der Waals surface area contributed by atoms with Crippen molar-refractivity contribution in [2.24, 2.45) is 23.7 Å². The number of hydrogen-bond donors (Lipinski definition) is 0. The standard InChI is InChI=1S/C18H20Cl4O2/c19-15-9-5-1-2-6-10(9)16(15,20)14(24)18(22)12-8-4-3-7-11(12)17(18,21)13(15)23/h9-12H,1-8H2/t9-,10-,11-,12+,15+,16-,17+,18-/m0/s1. The van der Waals surface area contributed by atoms with E-state index < -0.39 is 19.5 Å². The van der Waals surface area contributed by atoms with Crippen molar-refractivity contribution in [2.45, 2.75) is 70.9 Å². The fourth-order valence-corrected chi connectivity index (χ4v) is 9.56. The third kappa shape index (κ3) is 1.33. The van der Waals surface area contributed by atoms with E-state index in [1.807, 2.05) is 0 Å². The molecule has 0 radical (unpaired) electrons. The lowest BCUT2D eigenvalue weighted by Gasteiger charge is -2.76. The zero-order valence-corrected chi connectivity index (χ0v) is 16.3. The molecule has 0 aliphatic heterocycles. The van der Waals surface area contributed by atoms with E-state index >= 15 is 0 Å². The van der Waals surface area contributed by atoms with E-state index in [0.717, 1.165) is 51.4 Å². The van der Waals surface area contributed by atoms with E-state index in [2.05, 4.69) is 0 Å². The Labute approximate surface area is 161 Å². The molecule has 24 heavy (non-hydrogen) atoms. The van der Waals surface area contributed by atoms with Gasteiger partial charge in [-0.1, -0.05) is 25.7 Å². The molecule has 8 atom stereocenters. The predicted octanol–water partition coefficient (Wildman–Crippen LogP) is 4.69. The van der Waals surface area contributed by atoms with Gasteiger partial charge in [0, 0.05) is 0 Å². The smallest absolute Gasteiger partial charge is 0.179 e. The first kappa shape index (κ1) is 16.7. The minimum absolute atomic E-state index is 0.0404. The number of fused-ring (bicyclic) bond motifs is 8. The number of halogens is 4. The number of carbonyl (C=O) groups excluding carboxylic acids is 2. The fraction of sp³-hybridized carbons (Fsp3) is 0.889. The molecule has 5 fully saturated rings. The monoisotopic (exact) mass is 408 g/mol. The molecule has 0 saturated heterocycles. The number of carbonyl (C=O) groups is 2. The van der Waals surface area contributed by atoms with Crippen LogP contribution in [0.15, 0.2) is 0 Å². The molecule has 2 nitrogen and oxygen atoms in total. The van der Waals surface area contributed by atoms with E-state index in [4.69, 9.17) is 46.4 Å². The van der Waals surface area contributed by atoms with E-state index in [1.165, 1.54) is 0 Å². The Bertz CT molecular complexity index is 559. The summed E-state index contributed by atoms with van der Waals surface area (Å²) in [5.74, 6) is -0.672. The molecule has 132 valence electrons. The van der Waals surface area contributed by atoms with Crippen molar-refractivity contribution in [3.05, 3.63) is 0 Å². The van der Waals surface area contributed by atoms with Gasteiger partial charge in [-0.3, -0.25) is 9.59 Å². The Hall–Kier alpha value is 0.500. The van der Waals surface area contributed by atoms with Gasteiger partial charge in [-0.2, -0.15) is 0 Å². The molecule has 0 N–H and O–H groups in total. The van der Waals surface area contributed by atoms with Crippen LogP contribution in [0.5, 0.6) is 0 Å². The largest absolute Gasteiger partial charge is 0.296 e. The first-order valence-electron chi connectivity index (χ1n) is 9.12. The van der Waals surface area contributed by atoms with E-state index in [9.17, 15) is 9.59 Å². The lowest BCUT2D eigenvalue weighted by atomic mass is 9.35. The Kier molecular flexibility index (Phi) is 3.24. The molecule has 0 unspecified atom stereocenters. The van der Waals surface area contributed by atoms with E-state index in [0.29, 0.717) is 0 Å². The highest BCUT2D eigenvalue weighted by Gasteiger charge is 2.92. The van der Waals surface area contributed by atoms with Crippen LogP contribution < -0.4 is 0 Å². The second-order valence-corrected chi connectivity index (χ2v) is 10.9. The quantitative estimate of drug-likeness (QED) is 0.544. The van der Waals surface area contributed by atoms with Crippen LogP contribution in [0, 0.1) is 23.7 Å². The minimum Gasteiger partial charge on any atom is -0.296 e. The number of rotatable bonds is 0. The van der Waals surface area contributed by atoms with Crippen LogP contribution in [0.3, 0.4) is 0 Å². The number of hydrogen-bond acceptors (Lipinski definition) is 2. The first-order valence-corrected chi connectivity index (χ1v) is 10.6. The first-order chi connectivity index (χ1) is 11.3. The van der Waals surface area contributed by atoms with Crippen LogP contribution >= 0.6 is 46.4 Å². The van der Waals surface area contributed by atoms with Gasteiger partial charge in [-0.15, -0.1) is 46.4 Å². The Balaban J connectivity index is 1.68. The molecule has 0 aromatic carbocycles. The maximum absolute atomic E-state index is 13.6. The third-order valence-electron chi connectivity index (χ3n) is 7.96. The molecular weight excluding hydrogens is 390 g/mol. The summed E-state index contributed by atoms with van der Waals surface area (Å²) in [5.41, 5.74) is 0. The highest BCUT2D eigenvalue weighted by atomic mass is 35.5. The summed E-state index contributed by atoms with van der Waals surface area (Å²) in [6.45, 7) is 0. The maximum atomic E-state index is 13.6.